The van der Waals surface area contributed by atoms with Gasteiger partial charge in [-0.2, -0.15) is 0 Å². The number of aromatic nitrogens is 1. The predicted octanol–water partition coefficient (Wildman–Crippen LogP) is 3.00. The van der Waals surface area contributed by atoms with Crippen molar-refractivity contribution in [1.82, 2.24) is 9.47 Å². The van der Waals surface area contributed by atoms with Crippen LogP contribution in [0.5, 0.6) is 0 Å². The second kappa shape index (κ2) is 5.89. The molecule has 1 amide bonds. The molecular formula is C17H22N2O2S. The van der Waals surface area contributed by atoms with Crippen LogP contribution < -0.4 is 0 Å². The molecule has 5 heteroatoms. The van der Waals surface area contributed by atoms with Crippen LogP contribution >= 0.6 is 11.3 Å². The third-order valence-electron chi connectivity index (χ3n) is 4.32. The van der Waals surface area contributed by atoms with Gasteiger partial charge in [0.25, 0.3) is 5.91 Å². The lowest BCUT2D eigenvalue weighted by atomic mass is 10.2. The van der Waals surface area contributed by atoms with Crippen LogP contribution in [-0.2, 0) is 0 Å². The highest BCUT2D eigenvalue weighted by molar-refractivity contribution is 7.12. The first kappa shape index (κ1) is 15.3. The number of amides is 1. The van der Waals surface area contributed by atoms with Crippen molar-refractivity contribution in [1.29, 1.82) is 0 Å². The Kier molecular flexibility index (Phi) is 4.10. The van der Waals surface area contributed by atoms with Gasteiger partial charge in [-0.15, -0.1) is 11.3 Å². The third-order valence-corrected chi connectivity index (χ3v) is 5.22. The number of hydrogen-bond donors (Lipinski definition) is 1. The lowest BCUT2D eigenvalue weighted by Crippen LogP contribution is -2.35. The Bertz CT molecular complexity index is 665. The van der Waals surface area contributed by atoms with Crippen LogP contribution in [0.1, 0.15) is 33.9 Å². The summed E-state index contributed by atoms with van der Waals surface area (Å²) in [6, 6.07) is 6.10. The van der Waals surface area contributed by atoms with Crippen molar-refractivity contribution in [2.75, 3.05) is 13.6 Å². The maximum absolute atomic E-state index is 12.7. The molecule has 1 N–H and O–H groups in total. The van der Waals surface area contributed by atoms with E-state index in [1.165, 1.54) is 11.3 Å². The van der Waals surface area contributed by atoms with Crippen molar-refractivity contribution in [3.8, 4) is 5.69 Å². The van der Waals surface area contributed by atoms with E-state index < -0.39 is 6.10 Å². The summed E-state index contributed by atoms with van der Waals surface area (Å²) in [5, 5.41) is 12.0. The molecule has 4 nitrogen and oxygen atoms in total. The summed E-state index contributed by atoms with van der Waals surface area (Å²) in [7, 11) is 1.77. The van der Waals surface area contributed by atoms with E-state index in [1.807, 2.05) is 25.3 Å². The molecule has 1 saturated carbocycles. The fourth-order valence-corrected chi connectivity index (χ4v) is 3.72. The average molecular weight is 318 g/mol. The van der Waals surface area contributed by atoms with Crippen molar-refractivity contribution in [2.45, 2.75) is 32.8 Å². The third kappa shape index (κ3) is 2.83. The minimum absolute atomic E-state index is 0.0165. The van der Waals surface area contributed by atoms with Gasteiger partial charge >= 0.3 is 0 Å². The quantitative estimate of drug-likeness (QED) is 0.921. The summed E-state index contributed by atoms with van der Waals surface area (Å²) in [4.78, 5) is 15.1. The Labute approximate surface area is 135 Å². The fourth-order valence-electron chi connectivity index (χ4n) is 2.85. The molecule has 0 aromatic carbocycles. The molecule has 2 aromatic heterocycles. The number of likely N-dealkylation sites (N-methyl/N-ethyl adjacent to an activating group) is 1. The maximum atomic E-state index is 12.7. The van der Waals surface area contributed by atoms with E-state index in [1.54, 1.807) is 11.9 Å². The highest BCUT2D eigenvalue weighted by atomic mass is 32.1. The summed E-state index contributed by atoms with van der Waals surface area (Å²) in [6.45, 7) is 4.49. The van der Waals surface area contributed by atoms with E-state index in [9.17, 15) is 9.90 Å². The number of aliphatic hydroxyl groups is 1. The zero-order valence-electron chi connectivity index (χ0n) is 13.2. The molecule has 1 fully saturated rings. The average Bonchev–Trinajstić information content (AvgIpc) is 3.15. The zero-order chi connectivity index (χ0) is 15.9. The summed E-state index contributed by atoms with van der Waals surface area (Å²) in [5.74, 6) is 0.365. The minimum atomic E-state index is -0.396. The van der Waals surface area contributed by atoms with Gasteiger partial charge in [0, 0.05) is 25.0 Å². The normalized spacial score (nSPS) is 15.8. The summed E-state index contributed by atoms with van der Waals surface area (Å²) < 4.78 is 2.11. The molecule has 1 unspecified atom stereocenters. The number of aliphatic hydroxyl groups excluding tert-OH is 1. The van der Waals surface area contributed by atoms with Crippen molar-refractivity contribution in [3.63, 3.8) is 0 Å². The van der Waals surface area contributed by atoms with E-state index in [0.29, 0.717) is 12.5 Å². The molecule has 2 aromatic rings. The molecule has 0 saturated heterocycles. The molecule has 118 valence electrons. The molecule has 1 atom stereocenters. The fraction of sp³-hybridized carbons (Fsp3) is 0.471. The number of carbonyl (C=O) groups excluding carboxylic acids is 1. The molecule has 1 aliphatic carbocycles. The number of rotatable bonds is 5. The summed E-state index contributed by atoms with van der Waals surface area (Å²) in [6.07, 6.45) is 1.76. The molecule has 3 rings (SSSR count). The monoisotopic (exact) mass is 318 g/mol. The van der Waals surface area contributed by atoms with Crippen LogP contribution in [0, 0.1) is 19.8 Å². The second-order valence-corrected chi connectivity index (χ2v) is 7.09. The summed E-state index contributed by atoms with van der Waals surface area (Å²) >= 11 is 1.46. The zero-order valence-corrected chi connectivity index (χ0v) is 14.1. The number of aryl methyl sites for hydroxylation is 2. The van der Waals surface area contributed by atoms with Crippen molar-refractivity contribution < 1.29 is 9.90 Å². The first-order chi connectivity index (χ1) is 10.5. The smallest absolute Gasteiger partial charge is 0.265 e. The Morgan fingerprint density at radius 3 is 2.59 bits per heavy atom. The van der Waals surface area contributed by atoms with Gasteiger partial charge in [0.1, 0.15) is 4.88 Å². The van der Waals surface area contributed by atoms with Crippen molar-refractivity contribution >= 4 is 17.2 Å². The van der Waals surface area contributed by atoms with E-state index in [-0.39, 0.29) is 5.91 Å². The largest absolute Gasteiger partial charge is 0.391 e. The van der Waals surface area contributed by atoms with Gasteiger partial charge in [-0.05, 0) is 56.2 Å². The molecule has 2 heterocycles. The molecule has 1 aliphatic rings. The first-order valence-electron chi connectivity index (χ1n) is 7.65. The minimum Gasteiger partial charge on any atom is -0.391 e. The number of thiophene rings is 1. The van der Waals surface area contributed by atoms with Gasteiger partial charge in [-0.25, -0.2) is 0 Å². The molecule has 0 spiro atoms. The lowest BCUT2D eigenvalue weighted by Gasteiger charge is -2.21. The molecule has 22 heavy (non-hydrogen) atoms. The predicted molar refractivity (Wildman–Crippen MR) is 88.8 cm³/mol. The van der Waals surface area contributed by atoms with Crippen molar-refractivity contribution in [3.05, 3.63) is 39.8 Å². The topological polar surface area (TPSA) is 45.5 Å². The lowest BCUT2D eigenvalue weighted by molar-refractivity contribution is 0.0649. The van der Waals surface area contributed by atoms with Crippen LogP contribution in [-0.4, -0.2) is 40.2 Å². The molecule has 0 aliphatic heterocycles. The van der Waals surface area contributed by atoms with Crippen LogP contribution in [0.3, 0.4) is 0 Å². The van der Waals surface area contributed by atoms with Crippen LogP contribution in [0.25, 0.3) is 5.69 Å². The highest BCUT2D eigenvalue weighted by Crippen LogP contribution is 2.33. The molecule has 0 bridgehead atoms. The van der Waals surface area contributed by atoms with Gasteiger partial charge in [-0.1, -0.05) is 0 Å². The first-order valence-corrected chi connectivity index (χ1v) is 8.53. The van der Waals surface area contributed by atoms with Crippen LogP contribution in [0.15, 0.2) is 23.6 Å². The molecule has 0 radical (unpaired) electrons. The number of nitrogens with zero attached hydrogens (tertiary/aromatic N) is 2. The Morgan fingerprint density at radius 1 is 1.36 bits per heavy atom. The van der Waals surface area contributed by atoms with Gasteiger partial charge in [0.2, 0.25) is 0 Å². The van der Waals surface area contributed by atoms with E-state index in [4.69, 9.17) is 0 Å². The van der Waals surface area contributed by atoms with Crippen molar-refractivity contribution in [2.24, 2.45) is 5.92 Å². The van der Waals surface area contributed by atoms with Gasteiger partial charge in [0.05, 0.1) is 11.8 Å². The number of hydrogen-bond acceptors (Lipinski definition) is 3. The standard InChI is InChI=1S/C17H22N2O2S/c1-11-4-5-12(2)19(11)14-8-9-22-16(14)17(21)18(3)10-15(20)13-6-7-13/h4-5,8-9,13,15,20H,6-7,10H2,1-3H3. The van der Waals surface area contributed by atoms with E-state index in [0.717, 1.165) is 34.8 Å². The van der Waals surface area contributed by atoms with E-state index in [2.05, 4.69) is 16.7 Å². The van der Waals surface area contributed by atoms with Crippen LogP contribution in [0.2, 0.25) is 0 Å². The maximum Gasteiger partial charge on any atom is 0.265 e. The highest BCUT2D eigenvalue weighted by Gasteiger charge is 2.31. The van der Waals surface area contributed by atoms with Crippen LogP contribution in [0.4, 0.5) is 0 Å². The van der Waals surface area contributed by atoms with Gasteiger partial charge in [0.15, 0.2) is 0 Å². The Morgan fingerprint density at radius 2 is 2.00 bits per heavy atom. The molecular weight excluding hydrogens is 296 g/mol. The van der Waals surface area contributed by atoms with Gasteiger partial charge < -0.3 is 14.6 Å². The Balaban J connectivity index is 1.83. The van der Waals surface area contributed by atoms with Gasteiger partial charge in [-0.3, -0.25) is 4.79 Å². The summed E-state index contributed by atoms with van der Waals surface area (Å²) in [5.41, 5.74) is 3.17. The second-order valence-electron chi connectivity index (χ2n) is 6.18. The number of carbonyl (C=O) groups is 1. The van der Waals surface area contributed by atoms with E-state index >= 15 is 0 Å². The Hall–Kier alpha value is -1.59. The SMILES string of the molecule is Cc1ccc(C)n1-c1ccsc1C(=O)N(C)CC(O)C1CC1.